The maximum atomic E-state index is 12.8. The van der Waals surface area contributed by atoms with E-state index in [0.717, 1.165) is 30.5 Å². The van der Waals surface area contributed by atoms with Gasteiger partial charge in [-0.3, -0.25) is 4.79 Å². The molecule has 0 radical (unpaired) electrons. The van der Waals surface area contributed by atoms with Crippen molar-refractivity contribution in [3.63, 3.8) is 0 Å². The molecular formula is C16H24BrN3O. The number of amides is 1. The van der Waals surface area contributed by atoms with Crippen LogP contribution in [0.3, 0.4) is 0 Å². The van der Waals surface area contributed by atoms with Crippen molar-refractivity contribution in [2.24, 2.45) is 11.3 Å². The molecule has 1 aromatic heterocycles. The summed E-state index contributed by atoms with van der Waals surface area (Å²) >= 11 is 3.41. The minimum absolute atomic E-state index is 0.0755. The first kappa shape index (κ1) is 16.3. The van der Waals surface area contributed by atoms with Crippen molar-refractivity contribution in [2.45, 2.75) is 34.1 Å². The number of aromatic nitrogens is 1. The van der Waals surface area contributed by atoms with Gasteiger partial charge in [0.2, 0.25) is 0 Å². The van der Waals surface area contributed by atoms with Gasteiger partial charge in [-0.25, -0.2) is 4.98 Å². The fraction of sp³-hybridized carbons (Fsp3) is 0.625. The summed E-state index contributed by atoms with van der Waals surface area (Å²) in [5, 5.41) is 3.17. The fourth-order valence-electron chi connectivity index (χ4n) is 2.73. The average Bonchev–Trinajstić information content (AvgIpc) is 2.90. The van der Waals surface area contributed by atoms with E-state index in [1.165, 1.54) is 0 Å². The Balaban J connectivity index is 2.19. The third-order valence-electron chi connectivity index (χ3n) is 4.13. The van der Waals surface area contributed by atoms with Crippen molar-refractivity contribution in [2.75, 3.05) is 25.0 Å². The van der Waals surface area contributed by atoms with Gasteiger partial charge in [-0.15, -0.1) is 0 Å². The number of carbonyl (C=O) groups is 1. The normalized spacial score (nSPS) is 18.9. The minimum Gasteiger partial charge on any atom is -0.370 e. The van der Waals surface area contributed by atoms with Crippen LogP contribution < -0.4 is 5.32 Å². The van der Waals surface area contributed by atoms with Gasteiger partial charge in [0, 0.05) is 30.3 Å². The van der Waals surface area contributed by atoms with E-state index >= 15 is 0 Å². The molecule has 2 rings (SSSR count). The Kier molecular flexibility index (Phi) is 4.91. The van der Waals surface area contributed by atoms with Gasteiger partial charge in [0.15, 0.2) is 0 Å². The summed E-state index contributed by atoms with van der Waals surface area (Å²) in [4.78, 5) is 19.1. The number of rotatable bonds is 3. The third-order valence-corrected chi connectivity index (χ3v) is 4.56. The second-order valence-electron chi connectivity index (χ2n) is 6.68. The van der Waals surface area contributed by atoms with Crippen LogP contribution in [0.2, 0.25) is 0 Å². The zero-order valence-corrected chi connectivity index (χ0v) is 14.8. The summed E-state index contributed by atoms with van der Waals surface area (Å²) < 4.78 is 0.832. The monoisotopic (exact) mass is 353 g/mol. The molecule has 0 saturated carbocycles. The maximum absolute atomic E-state index is 12.8. The standard InChI is InChI=1S/C16H24BrN3O/c1-5-18-14-13(8-12(17)9-19-14)15(21)20-7-6-11(10-20)16(2,3)4/h8-9,11H,5-7,10H2,1-4H3,(H,18,19). The van der Waals surface area contributed by atoms with Gasteiger partial charge in [-0.2, -0.15) is 0 Å². The Morgan fingerprint density at radius 3 is 2.81 bits per heavy atom. The van der Waals surface area contributed by atoms with Gasteiger partial charge in [0.1, 0.15) is 5.82 Å². The van der Waals surface area contributed by atoms with E-state index in [4.69, 9.17) is 0 Å². The summed E-state index contributed by atoms with van der Waals surface area (Å²) in [6.45, 7) is 11.2. The smallest absolute Gasteiger partial charge is 0.257 e. The highest BCUT2D eigenvalue weighted by Crippen LogP contribution is 2.34. The Morgan fingerprint density at radius 1 is 1.52 bits per heavy atom. The van der Waals surface area contributed by atoms with Gasteiger partial charge >= 0.3 is 0 Å². The molecule has 1 atom stereocenters. The molecular weight excluding hydrogens is 330 g/mol. The predicted octanol–water partition coefficient (Wildman–Crippen LogP) is 3.78. The molecule has 116 valence electrons. The van der Waals surface area contributed by atoms with Crippen LogP contribution in [-0.4, -0.2) is 35.4 Å². The van der Waals surface area contributed by atoms with E-state index in [9.17, 15) is 4.79 Å². The number of halogens is 1. The Bertz CT molecular complexity index is 525. The van der Waals surface area contributed by atoms with Gasteiger partial charge in [-0.05, 0) is 46.7 Å². The van der Waals surface area contributed by atoms with Crippen molar-refractivity contribution < 1.29 is 4.79 Å². The van der Waals surface area contributed by atoms with Crippen molar-refractivity contribution in [1.29, 1.82) is 0 Å². The number of nitrogens with one attached hydrogen (secondary N) is 1. The molecule has 0 bridgehead atoms. The molecule has 0 aliphatic carbocycles. The highest BCUT2D eigenvalue weighted by atomic mass is 79.9. The summed E-state index contributed by atoms with van der Waals surface area (Å²) in [5.74, 6) is 1.31. The van der Waals surface area contributed by atoms with Crippen LogP contribution in [0.4, 0.5) is 5.82 Å². The first-order valence-electron chi connectivity index (χ1n) is 7.51. The molecule has 1 unspecified atom stereocenters. The van der Waals surface area contributed by atoms with E-state index in [-0.39, 0.29) is 11.3 Å². The number of likely N-dealkylation sites (tertiary alicyclic amines) is 1. The predicted molar refractivity (Wildman–Crippen MR) is 89.6 cm³/mol. The number of pyridine rings is 1. The van der Waals surface area contributed by atoms with Gasteiger partial charge in [0.05, 0.1) is 5.56 Å². The summed E-state index contributed by atoms with van der Waals surface area (Å²) in [5.41, 5.74) is 0.899. The van der Waals surface area contributed by atoms with Gasteiger partial charge in [0.25, 0.3) is 5.91 Å². The zero-order valence-electron chi connectivity index (χ0n) is 13.2. The summed E-state index contributed by atoms with van der Waals surface area (Å²) in [7, 11) is 0. The number of carbonyl (C=O) groups excluding carboxylic acids is 1. The van der Waals surface area contributed by atoms with Crippen LogP contribution in [-0.2, 0) is 0 Å². The molecule has 0 spiro atoms. The van der Waals surface area contributed by atoms with Crippen molar-refractivity contribution in [3.05, 3.63) is 22.3 Å². The zero-order chi connectivity index (χ0) is 15.6. The number of nitrogens with zero attached hydrogens (tertiary/aromatic N) is 2. The molecule has 1 aliphatic heterocycles. The number of anilines is 1. The molecule has 1 aromatic rings. The number of hydrogen-bond donors (Lipinski definition) is 1. The molecule has 4 nitrogen and oxygen atoms in total. The second-order valence-corrected chi connectivity index (χ2v) is 7.60. The van der Waals surface area contributed by atoms with Crippen LogP contribution in [0.5, 0.6) is 0 Å². The second kappa shape index (κ2) is 6.34. The molecule has 5 heteroatoms. The van der Waals surface area contributed by atoms with Crippen LogP contribution in [0, 0.1) is 11.3 Å². The van der Waals surface area contributed by atoms with E-state index in [1.807, 2.05) is 17.9 Å². The van der Waals surface area contributed by atoms with Crippen LogP contribution in [0.15, 0.2) is 16.7 Å². The lowest BCUT2D eigenvalue weighted by Crippen LogP contribution is -2.31. The Morgan fingerprint density at radius 2 is 2.24 bits per heavy atom. The van der Waals surface area contributed by atoms with Crippen LogP contribution in [0.1, 0.15) is 44.5 Å². The summed E-state index contributed by atoms with van der Waals surface area (Å²) in [6.07, 6.45) is 2.80. The minimum atomic E-state index is 0.0755. The quantitative estimate of drug-likeness (QED) is 0.898. The topological polar surface area (TPSA) is 45.2 Å². The van der Waals surface area contributed by atoms with Crippen LogP contribution >= 0.6 is 15.9 Å². The maximum Gasteiger partial charge on any atom is 0.257 e. The highest BCUT2D eigenvalue weighted by molar-refractivity contribution is 9.10. The molecule has 1 fully saturated rings. The molecule has 1 amide bonds. The van der Waals surface area contributed by atoms with Crippen molar-refractivity contribution in [3.8, 4) is 0 Å². The highest BCUT2D eigenvalue weighted by Gasteiger charge is 2.34. The lowest BCUT2D eigenvalue weighted by Gasteiger charge is -2.27. The number of hydrogen-bond acceptors (Lipinski definition) is 3. The molecule has 1 N–H and O–H groups in total. The average molecular weight is 354 g/mol. The van der Waals surface area contributed by atoms with Crippen molar-refractivity contribution >= 4 is 27.7 Å². The summed E-state index contributed by atoms with van der Waals surface area (Å²) in [6, 6.07) is 1.86. The molecule has 1 saturated heterocycles. The van der Waals surface area contributed by atoms with E-state index in [2.05, 4.69) is 47.0 Å². The van der Waals surface area contributed by atoms with E-state index in [0.29, 0.717) is 17.3 Å². The first-order valence-corrected chi connectivity index (χ1v) is 8.31. The van der Waals surface area contributed by atoms with Gasteiger partial charge in [-0.1, -0.05) is 20.8 Å². The third kappa shape index (κ3) is 3.76. The molecule has 0 aromatic carbocycles. The molecule has 1 aliphatic rings. The SMILES string of the molecule is CCNc1ncc(Br)cc1C(=O)N1CCC(C(C)(C)C)C1. The van der Waals surface area contributed by atoms with Crippen molar-refractivity contribution in [1.82, 2.24) is 9.88 Å². The lowest BCUT2D eigenvalue weighted by atomic mass is 9.80. The fourth-order valence-corrected chi connectivity index (χ4v) is 3.06. The molecule has 2 heterocycles. The Labute approximate surface area is 135 Å². The van der Waals surface area contributed by atoms with Crippen LogP contribution in [0.25, 0.3) is 0 Å². The molecule has 21 heavy (non-hydrogen) atoms. The largest absolute Gasteiger partial charge is 0.370 e. The van der Waals surface area contributed by atoms with E-state index < -0.39 is 0 Å². The Hall–Kier alpha value is -1.10. The first-order chi connectivity index (χ1) is 9.82. The van der Waals surface area contributed by atoms with Gasteiger partial charge < -0.3 is 10.2 Å². The van der Waals surface area contributed by atoms with E-state index in [1.54, 1.807) is 6.20 Å². The lowest BCUT2D eigenvalue weighted by molar-refractivity contribution is 0.0777.